The van der Waals surface area contributed by atoms with E-state index >= 15 is 0 Å². The Bertz CT molecular complexity index is 101. The molecule has 0 rings (SSSR count). The molecule has 1 nitrogen and oxygen atoms in total. The maximum atomic E-state index is 5.90. The molecule has 0 spiro atoms. The topological polar surface area (TPSA) is 9.23 Å². The van der Waals surface area contributed by atoms with Gasteiger partial charge >= 0.3 is 88.7 Å². The average Bonchev–Trinajstić information content (AvgIpc) is 2.20. The van der Waals surface area contributed by atoms with Crippen molar-refractivity contribution in [3.63, 3.8) is 0 Å². The monoisotopic (exact) mass is 294 g/mol. The molecule has 0 aliphatic rings. The van der Waals surface area contributed by atoms with Gasteiger partial charge in [0.2, 0.25) is 0 Å². The Kier molecular flexibility index (Phi) is 8.57. The molecule has 0 radical (unpaired) electrons. The first kappa shape index (κ1) is 13.8. The molecule has 0 bridgehead atoms. The Morgan fingerprint density at radius 1 is 0.923 bits per heavy atom. The van der Waals surface area contributed by atoms with E-state index in [0.717, 1.165) is 0 Å². The summed E-state index contributed by atoms with van der Waals surface area (Å²) in [6.07, 6.45) is 5.44. The van der Waals surface area contributed by atoms with E-state index in [2.05, 4.69) is 20.8 Å². The van der Waals surface area contributed by atoms with E-state index in [1.165, 1.54) is 39.0 Å². The van der Waals surface area contributed by atoms with Crippen LogP contribution in [0, 0.1) is 0 Å². The maximum absolute atomic E-state index is 5.90. The Balaban J connectivity index is 3.97. The van der Waals surface area contributed by atoms with Gasteiger partial charge in [0.1, 0.15) is 0 Å². The molecule has 0 heterocycles. The summed E-state index contributed by atoms with van der Waals surface area (Å²) in [4.78, 5) is 0. The zero-order valence-corrected chi connectivity index (χ0v) is 12.7. The van der Waals surface area contributed by atoms with E-state index in [0.29, 0.717) is 0 Å². The van der Waals surface area contributed by atoms with Crippen LogP contribution in [0.5, 0.6) is 0 Å². The van der Waals surface area contributed by atoms with Crippen LogP contribution in [0.2, 0.25) is 13.3 Å². The van der Waals surface area contributed by atoms with Crippen molar-refractivity contribution in [1.82, 2.24) is 0 Å². The SMILES string of the molecule is CCC[CH2][Sn]([CH2]C)([CH2]CCC)[O]C. The first-order chi connectivity index (χ1) is 6.24. The van der Waals surface area contributed by atoms with E-state index in [4.69, 9.17) is 3.07 Å². The van der Waals surface area contributed by atoms with Crippen molar-refractivity contribution < 1.29 is 3.07 Å². The van der Waals surface area contributed by atoms with Crippen LogP contribution in [0.3, 0.4) is 0 Å². The molecule has 0 unspecified atom stereocenters. The van der Waals surface area contributed by atoms with E-state index < -0.39 is 18.8 Å². The predicted molar refractivity (Wildman–Crippen MR) is 62.7 cm³/mol. The molecule has 0 aromatic carbocycles. The molecule has 0 aromatic heterocycles. The van der Waals surface area contributed by atoms with Gasteiger partial charge in [-0.2, -0.15) is 0 Å². The summed E-state index contributed by atoms with van der Waals surface area (Å²) in [5.41, 5.74) is 0. The van der Waals surface area contributed by atoms with Gasteiger partial charge in [-0.15, -0.1) is 0 Å². The molecule has 0 aromatic rings. The molecule has 0 amide bonds. The summed E-state index contributed by atoms with van der Waals surface area (Å²) in [7, 11) is 1.96. The van der Waals surface area contributed by atoms with Gasteiger partial charge in [-0.05, 0) is 0 Å². The van der Waals surface area contributed by atoms with Gasteiger partial charge in [-0.3, -0.25) is 0 Å². The molecule has 13 heavy (non-hydrogen) atoms. The predicted octanol–water partition coefficient (Wildman–Crippen LogP) is 4.20. The van der Waals surface area contributed by atoms with Gasteiger partial charge in [-0.1, -0.05) is 0 Å². The Morgan fingerprint density at radius 2 is 1.38 bits per heavy atom. The van der Waals surface area contributed by atoms with Crippen LogP contribution >= 0.6 is 0 Å². The van der Waals surface area contributed by atoms with Crippen LogP contribution in [0.1, 0.15) is 46.5 Å². The van der Waals surface area contributed by atoms with Crippen molar-refractivity contribution in [3.05, 3.63) is 0 Å². The van der Waals surface area contributed by atoms with Gasteiger partial charge in [0.25, 0.3) is 0 Å². The van der Waals surface area contributed by atoms with E-state index in [9.17, 15) is 0 Å². The van der Waals surface area contributed by atoms with Crippen molar-refractivity contribution in [2.24, 2.45) is 0 Å². The van der Waals surface area contributed by atoms with Crippen LogP contribution < -0.4 is 0 Å². The zero-order chi connectivity index (χ0) is 10.2. The number of hydrogen-bond acceptors (Lipinski definition) is 1. The van der Waals surface area contributed by atoms with Crippen molar-refractivity contribution >= 4 is 18.8 Å². The van der Waals surface area contributed by atoms with Crippen molar-refractivity contribution in [3.8, 4) is 0 Å². The number of hydrogen-bond donors (Lipinski definition) is 0. The second kappa shape index (κ2) is 8.10. The van der Waals surface area contributed by atoms with Crippen molar-refractivity contribution in [2.45, 2.75) is 59.8 Å². The third-order valence-corrected chi connectivity index (χ3v) is 16.4. The molecule has 0 atom stereocenters. The molecule has 0 fully saturated rings. The van der Waals surface area contributed by atoms with Crippen LogP contribution in [-0.2, 0) is 3.07 Å². The van der Waals surface area contributed by atoms with Crippen LogP contribution in [0.25, 0.3) is 0 Å². The van der Waals surface area contributed by atoms with Gasteiger partial charge in [0, 0.05) is 0 Å². The van der Waals surface area contributed by atoms with E-state index in [1.807, 2.05) is 7.11 Å². The molecular weight excluding hydrogens is 267 g/mol. The standard InChI is InChI=1S/2C4H9.C2H5.CH3O.Sn/c2*1-3-4-2;2*1-2;/h2*1,3-4H2,2H3;1H2,2H3;1H3;/q;;;-1;+1. The Hall–Kier alpha value is 0.759. The molecule has 0 aliphatic carbocycles. The van der Waals surface area contributed by atoms with Crippen LogP contribution in [0.15, 0.2) is 0 Å². The molecule has 0 saturated carbocycles. The molecule has 0 aliphatic heterocycles. The minimum absolute atomic E-state index is 1.33. The Labute approximate surface area is 88.7 Å². The number of unbranched alkanes of at least 4 members (excludes halogenated alkanes) is 2. The summed E-state index contributed by atoms with van der Waals surface area (Å²) < 4.78 is 10.2. The van der Waals surface area contributed by atoms with E-state index in [1.54, 1.807) is 0 Å². The summed E-state index contributed by atoms with van der Waals surface area (Å²) in [5, 5.41) is 0. The fraction of sp³-hybridized carbons (Fsp3) is 1.00. The third-order valence-electron chi connectivity index (χ3n) is 3.05. The van der Waals surface area contributed by atoms with Crippen LogP contribution in [0.4, 0.5) is 0 Å². The van der Waals surface area contributed by atoms with Gasteiger partial charge < -0.3 is 0 Å². The van der Waals surface area contributed by atoms with Gasteiger partial charge in [0.05, 0.1) is 0 Å². The first-order valence-electron chi connectivity index (χ1n) is 5.79. The fourth-order valence-electron chi connectivity index (χ4n) is 1.82. The van der Waals surface area contributed by atoms with Crippen LogP contribution in [-0.4, -0.2) is 25.9 Å². The number of rotatable bonds is 8. The third kappa shape index (κ3) is 5.26. The average molecular weight is 293 g/mol. The quantitative estimate of drug-likeness (QED) is 0.609. The van der Waals surface area contributed by atoms with Crippen molar-refractivity contribution in [1.29, 1.82) is 0 Å². The summed E-state index contributed by atoms with van der Waals surface area (Å²) in [6, 6.07) is 0. The fourth-order valence-corrected chi connectivity index (χ4v) is 12.2. The normalized spacial score (nSPS) is 12.0. The Morgan fingerprint density at radius 3 is 1.62 bits per heavy atom. The first-order valence-corrected chi connectivity index (χ1v) is 13.0. The molecular formula is C11H26OSn. The minimum atomic E-state index is -2.04. The molecule has 0 saturated heterocycles. The van der Waals surface area contributed by atoms with Gasteiger partial charge in [-0.25, -0.2) is 0 Å². The molecule has 2 heteroatoms. The van der Waals surface area contributed by atoms with Crippen molar-refractivity contribution in [2.75, 3.05) is 7.11 Å². The second-order valence-electron chi connectivity index (χ2n) is 3.95. The summed E-state index contributed by atoms with van der Waals surface area (Å²) in [5.74, 6) is 0. The van der Waals surface area contributed by atoms with Gasteiger partial charge in [0.15, 0.2) is 0 Å². The summed E-state index contributed by atoms with van der Waals surface area (Å²) in [6.45, 7) is 6.90. The summed E-state index contributed by atoms with van der Waals surface area (Å²) >= 11 is -2.04. The van der Waals surface area contributed by atoms with E-state index in [-0.39, 0.29) is 0 Å². The second-order valence-corrected chi connectivity index (χ2v) is 16.7. The zero-order valence-electron chi connectivity index (χ0n) is 9.86. The molecule has 80 valence electrons. The molecule has 0 N–H and O–H groups in total.